The molecule has 1 atom stereocenters. The van der Waals surface area contributed by atoms with Crippen LogP contribution in [0.25, 0.3) is 10.2 Å². The number of rotatable bonds is 5. The molecule has 5 rings (SSSR count). The van der Waals surface area contributed by atoms with E-state index in [1.165, 1.54) is 22.4 Å². The minimum Gasteiger partial charge on any atom is -0.283 e. The SMILES string of the molecule is C[C@H]1CCc2sc3nc(SCc4ccccc4)n(Cc4ccccc4)c(=O)c3c2C1. The Morgan fingerprint density at radius 3 is 2.50 bits per heavy atom. The molecule has 4 aromatic rings. The van der Waals surface area contributed by atoms with Crippen molar-refractivity contribution in [3.8, 4) is 0 Å². The first-order chi connectivity index (χ1) is 14.7. The van der Waals surface area contributed by atoms with Crippen LogP contribution >= 0.6 is 23.1 Å². The molecule has 2 heterocycles. The van der Waals surface area contributed by atoms with E-state index >= 15 is 0 Å². The van der Waals surface area contributed by atoms with Crippen LogP contribution in [0, 0.1) is 5.92 Å². The van der Waals surface area contributed by atoms with Crippen molar-refractivity contribution < 1.29 is 0 Å². The van der Waals surface area contributed by atoms with Gasteiger partial charge in [-0.25, -0.2) is 4.98 Å². The van der Waals surface area contributed by atoms with E-state index in [9.17, 15) is 4.79 Å². The fourth-order valence-corrected chi connectivity index (χ4v) is 6.36. The van der Waals surface area contributed by atoms with Gasteiger partial charge in [0.2, 0.25) is 0 Å². The average molecular weight is 433 g/mol. The number of hydrogen-bond acceptors (Lipinski definition) is 4. The summed E-state index contributed by atoms with van der Waals surface area (Å²) in [6.07, 6.45) is 3.27. The van der Waals surface area contributed by atoms with Crippen LogP contribution in [0.1, 0.15) is 34.9 Å². The van der Waals surface area contributed by atoms with E-state index in [2.05, 4.69) is 43.3 Å². The van der Waals surface area contributed by atoms with Crippen molar-refractivity contribution in [1.29, 1.82) is 0 Å². The third kappa shape index (κ3) is 3.84. The predicted octanol–water partition coefficient (Wildman–Crippen LogP) is 5.92. The Bertz CT molecular complexity index is 1230. The van der Waals surface area contributed by atoms with Gasteiger partial charge in [-0.2, -0.15) is 0 Å². The fourth-order valence-electron chi connectivity index (χ4n) is 4.15. The smallest absolute Gasteiger partial charge is 0.263 e. The van der Waals surface area contributed by atoms with Gasteiger partial charge in [0.25, 0.3) is 5.56 Å². The zero-order valence-electron chi connectivity index (χ0n) is 17.0. The summed E-state index contributed by atoms with van der Waals surface area (Å²) >= 11 is 3.38. The zero-order valence-corrected chi connectivity index (χ0v) is 18.6. The summed E-state index contributed by atoms with van der Waals surface area (Å²) in [5, 5.41) is 1.67. The van der Waals surface area contributed by atoms with E-state index in [0.717, 1.165) is 39.5 Å². The van der Waals surface area contributed by atoms with E-state index in [0.29, 0.717) is 12.5 Å². The van der Waals surface area contributed by atoms with Crippen LogP contribution in [0.4, 0.5) is 0 Å². The van der Waals surface area contributed by atoms with Gasteiger partial charge in [-0.15, -0.1) is 11.3 Å². The van der Waals surface area contributed by atoms with Crippen molar-refractivity contribution >= 4 is 33.3 Å². The number of aryl methyl sites for hydroxylation is 1. The summed E-state index contributed by atoms with van der Waals surface area (Å²) in [6, 6.07) is 20.6. The maximum atomic E-state index is 13.7. The van der Waals surface area contributed by atoms with Gasteiger partial charge in [0.15, 0.2) is 5.16 Å². The van der Waals surface area contributed by atoms with Gasteiger partial charge in [0.1, 0.15) is 4.83 Å². The number of aromatic nitrogens is 2. The summed E-state index contributed by atoms with van der Waals surface area (Å²) in [7, 11) is 0. The molecule has 0 N–H and O–H groups in total. The molecule has 0 saturated heterocycles. The molecular formula is C25H24N2OS2. The number of hydrogen-bond donors (Lipinski definition) is 0. The Labute approximate surface area is 184 Å². The normalized spacial score (nSPS) is 16.0. The average Bonchev–Trinajstić information content (AvgIpc) is 3.13. The van der Waals surface area contributed by atoms with E-state index in [4.69, 9.17) is 4.98 Å². The summed E-state index contributed by atoms with van der Waals surface area (Å²) in [4.78, 5) is 21.0. The minimum atomic E-state index is 0.117. The lowest BCUT2D eigenvalue weighted by Gasteiger charge is -2.18. The molecule has 0 radical (unpaired) electrons. The first-order valence-corrected chi connectivity index (χ1v) is 12.2. The molecular weight excluding hydrogens is 408 g/mol. The van der Waals surface area contributed by atoms with Gasteiger partial charge in [-0.1, -0.05) is 79.3 Å². The number of thioether (sulfide) groups is 1. The summed E-state index contributed by atoms with van der Waals surface area (Å²) in [6.45, 7) is 2.84. The van der Waals surface area contributed by atoms with E-state index in [-0.39, 0.29) is 5.56 Å². The fraction of sp³-hybridized carbons (Fsp3) is 0.280. The van der Waals surface area contributed by atoms with Gasteiger partial charge < -0.3 is 0 Å². The van der Waals surface area contributed by atoms with Gasteiger partial charge in [0.05, 0.1) is 11.9 Å². The molecule has 0 spiro atoms. The molecule has 2 aromatic heterocycles. The van der Waals surface area contributed by atoms with Gasteiger partial charge in [-0.05, 0) is 41.9 Å². The quantitative estimate of drug-likeness (QED) is 0.290. The summed E-state index contributed by atoms with van der Waals surface area (Å²) in [5.41, 5.74) is 3.74. The Kier molecular flexibility index (Phi) is 5.48. The second kappa shape index (κ2) is 8.40. The highest BCUT2D eigenvalue weighted by Crippen LogP contribution is 2.36. The molecule has 0 saturated carbocycles. The Morgan fingerprint density at radius 1 is 1.07 bits per heavy atom. The first-order valence-electron chi connectivity index (χ1n) is 10.4. The molecule has 30 heavy (non-hydrogen) atoms. The van der Waals surface area contributed by atoms with E-state index in [1.807, 2.05) is 28.8 Å². The third-order valence-electron chi connectivity index (χ3n) is 5.77. The third-order valence-corrected chi connectivity index (χ3v) is 8.00. The first kappa shape index (κ1) is 19.6. The molecule has 0 bridgehead atoms. The maximum Gasteiger partial charge on any atom is 0.263 e. The molecule has 0 aliphatic heterocycles. The second-order valence-corrected chi connectivity index (χ2v) is 10.1. The van der Waals surface area contributed by atoms with Crippen LogP contribution in [0.15, 0.2) is 70.6 Å². The highest BCUT2D eigenvalue weighted by atomic mass is 32.2. The molecule has 5 heteroatoms. The predicted molar refractivity (Wildman–Crippen MR) is 127 cm³/mol. The van der Waals surface area contributed by atoms with Crippen molar-refractivity contribution in [3.63, 3.8) is 0 Å². The van der Waals surface area contributed by atoms with Crippen LogP contribution in [0.2, 0.25) is 0 Å². The van der Waals surface area contributed by atoms with Crippen LogP contribution < -0.4 is 5.56 Å². The molecule has 3 nitrogen and oxygen atoms in total. The molecule has 152 valence electrons. The standard InChI is InChI=1S/C25H24N2OS2/c1-17-12-13-21-20(14-17)22-23(30-21)26-25(29-16-19-10-6-3-7-11-19)27(24(22)28)15-18-8-4-2-5-9-18/h2-11,17H,12-16H2,1H3/t17-/m0/s1. The van der Waals surface area contributed by atoms with E-state index < -0.39 is 0 Å². The molecule has 1 aliphatic rings. The summed E-state index contributed by atoms with van der Waals surface area (Å²) in [5.74, 6) is 1.43. The molecule has 2 aromatic carbocycles. The van der Waals surface area contributed by atoms with Crippen molar-refractivity contribution in [2.45, 2.75) is 43.6 Å². The highest BCUT2D eigenvalue weighted by Gasteiger charge is 2.25. The zero-order chi connectivity index (χ0) is 20.5. The minimum absolute atomic E-state index is 0.117. The van der Waals surface area contributed by atoms with Gasteiger partial charge >= 0.3 is 0 Å². The summed E-state index contributed by atoms with van der Waals surface area (Å²) < 4.78 is 1.89. The topological polar surface area (TPSA) is 34.9 Å². The number of fused-ring (bicyclic) bond motifs is 3. The maximum absolute atomic E-state index is 13.7. The largest absolute Gasteiger partial charge is 0.283 e. The Balaban J connectivity index is 1.61. The Morgan fingerprint density at radius 2 is 1.77 bits per heavy atom. The van der Waals surface area contributed by atoms with Crippen LogP contribution in [-0.2, 0) is 25.1 Å². The lowest BCUT2D eigenvalue weighted by atomic mass is 9.89. The highest BCUT2D eigenvalue weighted by molar-refractivity contribution is 7.98. The van der Waals surface area contributed by atoms with Crippen molar-refractivity contribution in [1.82, 2.24) is 9.55 Å². The monoisotopic (exact) mass is 432 g/mol. The van der Waals surface area contributed by atoms with Crippen LogP contribution in [0.5, 0.6) is 0 Å². The Hall–Kier alpha value is -2.37. The number of benzene rings is 2. The van der Waals surface area contributed by atoms with E-state index in [1.54, 1.807) is 23.1 Å². The molecule has 1 aliphatic carbocycles. The van der Waals surface area contributed by atoms with Crippen molar-refractivity contribution in [2.75, 3.05) is 0 Å². The van der Waals surface area contributed by atoms with Crippen molar-refractivity contribution in [2.24, 2.45) is 5.92 Å². The lowest BCUT2D eigenvalue weighted by molar-refractivity contribution is 0.508. The number of thiophene rings is 1. The van der Waals surface area contributed by atoms with Crippen LogP contribution in [0.3, 0.4) is 0 Å². The number of nitrogens with zero attached hydrogens (tertiary/aromatic N) is 2. The molecule has 0 amide bonds. The van der Waals surface area contributed by atoms with Crippen molar-refractivity contribution in [3.05, 3.63) is 92.6 Å². The van der Waals surface area contributed by atoms with Gasteiger partial charge in [-0.3, -0.25) is 9.36 Å². The molecule has 0 unspecified atom stereocenters. The molecule has 0 fully saturated rings. The van der Waals surface area contributed by atoms with Gasteiger partial charge in [0, 0.05) is 10.6 Å². The van der Waals surface area contributed by atoms with Crippen LogP contribution in [-0.4, -0.2) is 9.55 Å². The lowest BCUT2D eigenvalue weighted by Crippen LogP contribution is -2.24. The second-order valence-electron chi connectivity index (χ2n) is 8.08.